The second kappa shape index (κ2) is 11.9. The molecule has 228 valence electrons. The standard InChI is InChI=1S/C29H24FN3O10S/c1-31-27(34)24-21-12-19(14-2-3-14)16(10-23(21)43-26(24)15-4-6-17(30)7-5-15)13-32(44(41)42)18-8-9-22(33(39)40)20(11-18)25(28(35)36)29(37)38/h4-12,14,25H,2-3,13H2,1H3,(H,31,34)(H,35,36)(H,37,38)(H,41,42). The van der Waals surface area contributed by atoms with Gasteiger partial charge in [-0.05, 0) is 78.4 Å². The smallest absolute Gasteiger partial charge is 0.322 e. The summed E-state index contributed by atoms with van der Waals surface area (Å²) in [5.41, 5.74) is 0.588. The fourth-order valence-corrected chi connectivity index (χ4v) is 5.67. The molecule has 0 bridgehead atoms. The number of amides is 1. The minimum Gasteiger partial charge on any atom is -0.480 e. The highest BCUT2D eigenvalue weighted by Crippen LogP contribution is 2.45. The summed E-state index contributed by atoms with van der Waals surface area (Å²) < 4.78 is 43.5. The minimum absolute atomic E-state index is 0.0564. The summed E-state index contributed by atoms with van der Waals surface area (Å²) in [6.07, 6.45) is 1.61. The number of anilines is 1. The summed E-state index contributed by atoms with van der Waals surface area (Å²) in [7, 11) is 1.46. The van der Waals surface area contributed by atoms with Crippen LogP contribution in [-0.2, 0) is 27.4 Å². The lowest BCUT2D eigenvalue weighted by Crippen LogP contribution is -2.27. The van der Waals surface area contributed by atoms with E-state index in [-0.39, 0.29) is 35.1 Å². The van der Waals surface area contributed by atoms with E-state index in [9.17, 15) is 47.9 Å². The summed E-state index contributed by atoms with van der Waals surface area (Å²) in [5, 5.41) is 33.6. The van der Waals surface area contributed by atoms with Crippen LogP contribution >= 0.6 is 0 Å². The van der Waals surface area contributed by atoms with E-state index < -0.39 is 57.0 Å². The van der Waals surface area contributed by atoms with Crippen molar-refractivity contribution in [1.82, 2.24) is 5.32 Å². The molecule has 1 amide bonds. The van der Waals surface area contributed by atoms with Crippen LogP contribution in [0.2, 0.25) is 0 Å². The van der Waals surface area contributed by atoms with Crippen LogP contribution in [0.3, 0.4) is 0 Å². The second-order valence-corrected chi connectivity index (χ2v) is 11.0. The van der Waals surface area contributed by atoms with Crippen LogP contribution in [0.1, 0.15) is 51.7 Å². The number of carboxylic acid groups (broad SMARTS) is 2. The molecule has 15 heteroatoms. The first-order chi connectivity index (χ1) is 20.9. The summed E-state index contributed by atoms with van der Waals surface area (Å²) >= 11 is -2.75. The fraction of sp³-hybridized carbons (Fsp3) is 0.207. The van der Waals surface area contributed by atoms with Crippen LogP contribution in [0.25, 0.3) is 22.3 Å². The topological polar surface area (TPSA) is 201 Å². The molecule has 3 aromatic carbocycles. The number of nitrogens with zero attached hydrogens (tertiary/aromatic N) is 2. The normalized spacial score (nSPS) is 13.5. The molecule has 1 heterocycles. The van der Waals surface area contributed by atoms with Crippen LogP contribution < -0.4 is 9.62 Å². The molecule has 0 radical (unpaired) electrons. The number of nitrogens with one attached hydrogen (secondary N) is 1. The molecule has 0 spiro atoms. The highest BCUT2D eigenvalue weighted by molar-refractivity contribution is 7.80. The van der Waals surface area contributed by atoms with E-state index in [1.807, 2.05) is 0 Å². The van der Waals surface area contributed by atoms with E-state index in [0.29, 0.717) is 16.5 Å². The summed E-state index contributed by atoms with van der Waals surface area (Å²) in [6, 6.07) is 11.6. The Balaban J connectivity index is 1.65. The average molecular weight is 626 g/mol. The molecular weight excluding hydrogens is 601 g/mol. The zero-order valence-corrected chi connectivity index (χ0v) is 23.7. The first kappa shape index (κ1) is 30.3. The molecule has 44 heavy (non-hydrogen) atoms. The third-order valence-corrected chi connectivity index (χ3v) is 8.05. The molecule has 5 rings (SSSR count). The Morgan fingerprint density at radius 2 is 1.77 bits per heavy atom. The molecule has 4 N–H and O–H groups in total. The number of hydrogen-bond donors (Lipinski definition) is 4. The molecule has 1 unspecified atom stereocenters. The zero-order chi connectivity index (χ0) is 31.9. The molecule has 1 atom stereocenters. The Bertz CT molecular complexity index is 1840. The molecule has 13 nitrogen and oxygen atoms in total. The number of aliphatic carboxylic acids is 2. The first-order valence-corrected chi connectivity index (χ1v) is 14.2. The van der Waals surface area contributed by atoms with Gasteiger partial charge in [-0.15, -0.1) is 0 Å². The minimum atomic E-state index is -2.75. The number of furan rings is 1. The lowest BCUT2D eigenvalue weighted by molar-refractivity contribution is -0.385. The Morgan fingerprint density at radius 3 is 2.32 bits per heavy atom. The number of carboxylic acids is 2. The van der Waals surface area contributed by atoms with Crippen molar-refractivity contribution in [3.63, 3.8) is 0 Å². The van der Waals surface area contributed by atoms with E-state index in [2.05, 4.69) is 5.32 Å². The Kier molecular flexibility index (Phi) is 8.17. The molecule has 1 aliphatic carbocycles. The van der Waals surface area contributed by atoms with Gasteiger partial charge in [0.2, 0.25) is 0 Å². The van der Waals surface area contributed by atoms with Gasteiger partial charge in [0.15, 0.2) is 5.92 Å². The quantitative estimate of drug-likeness (QED) is 0.0778. The highest BCUT2D eigenvalue weighted by Gasteiger charge is 2.36. The molecule has 0 aliphatic heterocycles. The predicted molar refractivity (Wildman–Crippen MR) is 155 cm³/mol. The van der Waals surface area contributed by atoms with E-state index in [0.717, 1.165) is 40.9 Å². The molecule has 1 aliphatic rings. The Labute approximate surface area is 250 Å². The van der Waals surface area contributed by atoms with Gasteiger partial charge in [-0.2, -0.15) is 0 Å². The van der Waals surface area contributed by atoms with E-state index in [4.69, 9.17) is 4.42 Å². The molecule has 1 aromatic heterocycles. The largest absolute Gasteiger partial charge is 0.480 e. The van der Waals surface area contributed by atoms with Crippen molar-refractivity contribution in [3.8, 4) is 11.3 Å². The summed E-state index contributed by atoms with van der Waals surface area (Å²) in [4.78, 5) is 47.1. The van der Waals surface area contributed by atoms with Gasteiger partial charge >= 0.3 is 11.9 Å². The highest BCUT2D eigenvalue weighted by atomic mass is 32.2. The fourth-order valence-electron chi connectivity index (χ4n) is 5.13. The van der Waals surface area contributed by atoms with E-state index >= 15 is 0 Å². The van der Waals surface area contributed by atoms with Gasteiger partial charge in [-0.1, -0.05) is 0 Å². The van der Waals surface area contributed by atoms with Crippen LogP contribution in [-0.4, -0.2) is 48.8 Å². The number of benzene rings is 3. The number of hydrogen-bond acceptors (Lipinski definition) is 7. The van der Waals surface area contributed by atoms with Crippen molar-refractivity contribution >= 4 is 51.5 Å². The molecule has 4 aromatic rings. The monoisotopic (exact) mass is 625 g/mol. The van der Waals surface area contributed by atoms with Crippen molar-refractivity contribution in [1.29, 1.82) is 0 Å². The number of nitro groups is 1. The third kappa shape index (κ3) is 5.74. The van der Waals surface area contributed by atoms with Crippen molar-refractivity contribution in [2.75, 3.05) is 11.4 Å². The number of rotatable bonds is 11. The summed E-state index contributed by atoms with van der Waals surface area (Å²) in [5.74, 6) is -6.68. The van der Waals surface area contributed by atoms with Crippen molar-refractivity contribution < 1.29 is 47.1 Å². The van der Waals surface area contributed by atoms with Crippen molar-refractivity contribution in [2.24, 2.45) is 0 Å². The maximum Gasteiger partial charge on any atom is 0.322 e. The van der Waals surface area contributed by atoms with Crippen LogP contribution in [0.15, 0.2) is 59.0 Å². The van der Waals surface area contributed by atoms with Crippen molar-refractivity contribution in [3.05, 3.63) is 92.8 Å². The Hall–Kier alpha value is -5.15. The van der Waals surface area contributed by atoms with Gasteiger partial charge in [0.25, 0.3) is 22.9 Å². The third-order valence-electron chi connectivity index (χ3n) is 7.33. The van der Waals surface area contributed by atoms with Crippen LogP contribution in [0, 0.1) is 15.9 Å². The maximum atomic E-state index is 13.6. The molecule has 0 saturated heterocycles. The lowest BCUT2D eigenvalue weighted by Gasteiger charge is -2.23. The number of fused-ring (bicyclic) bond motifs is 1. The van der Waals surface area contributed by atoms with Gasteiger partial charge in [0.1, 0.15) is 17.2 Å². The first-order valence-electron chi connectivity index (χ1n) is 13.1. The number of nitro benzene ring substituents is 1. The van der Waals surface area contributed by atoms with E-state index in [1.165, 1.54) is 31.3 Å². The van der Waals surface area contributed by atoms with Gasteiger partial charge in [0.05, 0.1) is 28.3 Å². The van der Waals surface area contributed by atoms with E-state index in [1.54, 1.807) is 12.1 Å². The number of carbonyl (C=O) groups excluding carboxylic acids is 1. The SMILES string of the molecule is CNC(=O)c1c(-c2ccc(F)cc2)oc2cc(CN(c3ccc([N+](=O)[O-])c(C(C(=O)O)C(=O)O)c3)S(=O)O)c(C3CC3)cc12. The van der Waals surface area contributed by atoms with Gasteiger partial charge < -0.3 is 19.9 Å². The maximum absolute atomic E-state index is 13.6. The molecular formula is C29H24FN3O10S. The van der Waals surface area contributed by atoms with Gasteiger partial charge in [-0.3, -0.25) is 33.4 Å². The number of halogens is 1. The van der Waals surface area contributed by atoms with Crippen molar-refractivity contribution in [2.45, 2.75) is 31.2 Å². The summed E-state index contributed by atoms with van der Waals surface area (Å²) in [6.45, 7) is -0.269. The predicted octanol–water partition coefficient (Wildman–Crippen LogP) is 4.78. The zero-order valence-electron chi connectivity index (χ0n) is 22.9. The second-order valence-electron chi connectivity index (χ2n) is 10.1. The number of carbonyl (C=O) groups is 3. The van der Waals surface area contributed by atoms with Gasteiger partial charge in [0, 0.05) is 24.1 Å². The molecule has 1 saturated carbocycles. The lowest BCUT2D eigenvalue weighted by atomic mass is 9.96. The average Bonchev–Trinajstić information content (AvgIpc) is 3.75. The van der Waals surface area contributed by atoms with Crippen LogP contribution in [0.5, 0.6) is 0 Å². The van der Waals surface area contributed by atoms with Gasteiger partial charge in [-0.25, -0.2) is 8.60 Å². The Morgan fingerprint density at radius 1 is 1.11 bits per heavy atom. The van der Waals surface area contributed by atoms with Crippen LogP contribution in [0.4, 0.5) is 15.8 Å². The molecule has 1 fully saturated rings.